The van der Waals surface area contributed by atoms with Crippen LogP contribution in [-0.2, 0) is 19.2 Å². The maximum Gasteiger partial charge on any atom is 0.326 e. The number of carboxylic acid groups (broad SMARTS) is 1. The van der Waals surface area contributed by atoms with E-state index in [0.717, 1.165) is 0 Å². The summed E-state index contributed by atoms with van der Waals surface area (Å²) in [5, 5.41) is 14.6. The molecule has 1 aromatic rings. The Hall–Kier alpha value is -2.90. The number of carboxylic acids is 1. The van der Waals surface area contributed by atoms with Crippen molar-refractivity contribution in [3.63, 3.8) is 0 Å². The minimum Gasteiger partial charge on any atom is -0.480 e. The van der Waals surface area contributed by atoms with Crippen LogP contribution in [0.4, 0.5) is 5.69 Å². The quantitative estimate of drug-likeness (QED) is 0.695. The first kappa shape index (κ1) is 18.4. The molecule has 2 atom stereocenters. The summed E-state index contributed by atoms with van der Waals surface area (Å²) in [6.45, 7) is 2.93. The third kappa shape index (κ3) is 4.34. The molecule has 2 rings (SSSR count). The van der Waals surface area contributed by atoms with Gasteiger partial charge >= 0.3 is 5.97 Å². The zero-order valence-corrected chi connectivity index (χ0v) is 14.1. The molecule has 0 radical (unpaired) electrons. The lowest BCUT2D eigenvalue weighted by atomic mass is 9.89. The van der Waals surface area contributed by atoms with E-state index in [9.17, 15) is 24.3 Å². The number of anilines is 1. The van der Waals surface area contributed by atoms with E-state index >= 15 is 0 Å². The van der Waals surface area contributed by atoms with Gasteiger partial charge in [-0.05, 0) is 18.6 Å². The highest BCUT2D eigenvalue weighted by atomic mass is 16.4. The van der Waals surface area contributed by atoms with E-state index in [1.807, 2.05) is 0 Å². The first-order valence-corrected chi connectivity index (χ1v) is 7.97. The largest absolute Gasteiger partial charge is 0.480 e. The van der Waals surface area contributed by atoms with Crippen LogP contribution in [0.5, 0.6) is 0 Å². The van der Waals surface area contributed by atoms with Gasteiger partial charge in [0.1, 0.15) is 6.04 Å². The van der Waals surface area contributed by atoms with Crippen molar-refractivity contribution >= 4 is 29.4 Å². The molecule has 0 saturated heterocycles. The summed E-state index contributed by atoms with van der Waals surface area (Å²) in [6.07, 6.45) is -0.0428. The highest BCUT2D eigenvalue weighted by Crippen LogP contribution is 2.33. The number of nitrogens with zero attached hydrogens (tertiary/aromatic N) is 1. The first-order valence-electron chi connectivity index (χ1n) is 7.97. The summed E-state index contributed by atoms with van der Waals surface area (Å²) in [6, 6.07) is 5.89. The Kier molecular flexibility index (Phi) is 5.74. The second kappa shape index (κ2) is 7.78. The molecule has 0 spiro atoms. The van der Waals surface area contributed by atoms with Crippen LogP contribution >= 0.6 is 0 Å². The van der Waals surface area contributed by atoms with Gasteiger partial charge in [-0.25, -0.2) is 4.79 Å². The number of amides is 3. The molecule has 0 bridgehead atoms. The molecule has 25 heavy (non-hydrogen) atoms. The number of fused-ring (bicyclic) bond motifs is 1. The van der Waals surface area contributed by atoms with E-state index in [1.165, 1.54) is 18.7 Å². The average molecular weight is 347 g/mol. The third-order valence-electron chi connectivity index (χ3n) is 4.13. The van der Waals surface area contributed by atoms with Gasteiger partial charge in [-0.1, -0.05) is 18.2 Å². The number of hydrogen-bond donors (Lipinski definition) is 3. The molecule has 1 heterocycles. The predicted molar refractivity (Wildman–Crippen MR) is 89.9 cm³/mol. The molecule has 8 nitrogen and oxygen atoms in total. The maximum absolute atomic E-state index is 13.0. The SMILES string of the molecule is CC(=O)NCCN(C(=O)C1CC(=O)Nc2ccccc21)C(C)C(=O)O. The molecule has 1 aliphatic heterocycles. The van der Waals surface area contributed by atoms with E-state index in [0.29, 0.717) is 11.3 Å². The summed E-state index contributed by atoms with van der Waals surface area (Å²) < 4.78 is 0. The van der Waals surface area contributed by atoms with Crippen molar-refractivity contribution in [3.05, 3.63) is 29.8 Å². The Morgan fingerprint density at radius 3 is 2.68 bits per heavy atom. The lowest BCUT2D eigenvalue weighted by Crippen LogP contribution is -2.49. The number of carbonyl (C=O) groups is 4. The molecule has 3 N–H and O–H groups in total. The molecule has 0 fully saturated rings. The first-order chi connectivity index (χ1) is 11.8. The molecule has 0 aliphatic carbocycles. The van der Waals surface area contributed by atoms with Gasteiger partial charge in [0.2, 0.25) is 17.7 Å². The van der Waals surface area contributed by atoms with Crippen molar-refractivity contribution in [2.75, 3.05) is 18.4 Å². The molecular weight excluding hydrogens is 326 g/mol. The number of carbonyl (C=O) groups excluding carboxylic acids is 3. The van der Waals surface area contributed by atoms with Gasteiger partial charge in [0.15, 0.2) is 0 Å². The zero-order chi connectivity index (χ0) is 18.6. The number of aliphatic carboxylic acids is 1. The van der Waals surface area contributed by atoms with Crippen LogP contribution in [0.15, 0.2) is 24.3 Å². The van der Waals surface area contributed by atoms with Crippen LogP contribution in [-0.4, -0.2) is 52.8 Å². The van der Waals surface area contributed by atoms with Gasteiger partial charge in [0.05, 0.1) is 5.92 Å². The van der Waals surface area contributed by atoms with E-state index in [4.69, 9.17) is 0 Å². The summed E-state index contributed by atoms with van der Waals surface area (Å²) in [5.74, 6) is -2.89. The molecule has 134 valence electrons. The predicted octanol–water partition coefficient (Wildman–Crippen LogP) is 0.550. The van der Waals surface area contributed by atoms with Crippen LogP contribution in [0.1, 0.15) is 31.7 Å². The van der Waals surface area contributed by atoms with Crippen molar-refractivity contribution in [2.45, 2.75) is 32.2 Å². The van der Waals surface area contributed by atoms with Crippen molar-refractivity contribution in [1.82, 2.24) is 10.2 Å². The van der Waals surface area contributed by atoms with Gasteiger partial charge in [-0.2, -0.15) is 0 Å². The molecule has 2 unspecified atom stereocenters. The number of para-hydroxylation sites is 1. The second-order valence-corrected chi connectivity index (χ2v) is 5.92. The van der Waals surface area contributed by atoms with Crippen LogP contribution in [0.25, 0.3) is 0 Å². The average Bonchev–Trinajstić information content (AvgIpc) is 2.56. The summed E-state index contributed by atoms with van der Waals surface area (Å²) >= 11 is 0. The van der Waals surface area contributed by atoms with Gasteiger partial charge in [-0.3, -0.25) is 14.4 Å². The Morgan fingerprint density at radius 1 is 1.36 bits per heavy atom. The summed E-state index contributed by atoms with van der Waals surface area (Å²) in [7, 11) is 0. The van der Waals surface area contributed by atoms with Gasteiger partial charge in [-0.15, -0.1) is 0 Å². The van der Waals surface area contributed by atoms with E-state index in [-0.39, 0.29) is 31.3 Å². The van der Waals surface area contributed by atoms with E-state index in [2.05, 4.69) is 10.6 Å². The van der Waals surface area contributed by atoms with E-state index < -0.39 is 23.8 Å². The Bertz CT molecular complexity index is 703. The number of benzene rings is 1. The fourth-order valence-corrected chi connectivity index (χ4v) is 2.81. The Labute approximate surface area is 145 Å². The highest BCUT2D eigenvalue weighted by molar-refractivity contribution is 6.01. The molecule has 3 amide bonds. The van der Waals surface area contributed by atoms with E-state index in [1.54, 1.807) is 24.3 Å². The van der Waals surface area contributed by atoms with Crippen LogP contribution in [0.2, 0.25) is 0 Å². The van der Waals surface area contributed by atoms with Crippen LogP contribution in [0.3, 0.4) is 0 Å². The lowest BCUT2D eigenvalue weighted by molar-refractivity contribution is -0.150. The van der Waals surface area contributed by atoms with Crippen molar-refractivity contribution < 1.29 is 24.3 Å². The van der Waals surface area contributed by atoms with Crippen molar-refractivity contribution in [2.24, 2.45) is 0 Å². The van der Waals surface area contributed by atoms with Crippen LogP contribution < -0.4 is 10.6 Å². The fraction of sp³-hybridized carbons (Fsp3) is 0.412. The number of rotatable bonds is 6. The minimum absolute atomic E-state index is 0.0428. The minimum atomic E-state index is -1.15. The maximum atomic E-state index is 13.0. The zero-order valence-electron chi connectivity index (χ0n) is 14.1. The fourth-order valence-electron chi connectivity index (χ4n) is 2.81. The molecule has 0 aromatic heterocycles. The number of nitrogens with one attached hydrogen (secondary N) is 2. The second-order valence-electron chi connectivity index (χ2n) is 5.92. The Morgan fingerprint density at radius 2 is 2.04 bits per heavy atom. The summed E-state index contributed by atoms with van der Waals surface area (Å²) in [5.41, 5.74) is 1.22. The van der Waals surface area contributed by atoms with Gasteiger partial charge in [0, 0.05) is 32.1 Å². The van der Waals surface area contributed by atoms with Crippen molar-refractivity contribution in [1.29, 1.82) is 0 Å². The summed E-state index contributed by atoms with van der Waals surface area (Å²) in [4.78, 5) is 48.5. The Balaban J connectivity index is 2.27. The van der Waals surface area contributed by atoms with Crippen molar-refractivity contribution in [3.8, 4) is 0 Å². The third-order valence-corrected chi connectivity index (χ3v) is 4.13. The van der Waals surface area contributed by atoms with Gasteiger partial charge < -0.3 is 20.6 Å². The van der Waals surface area contributed by atoms with Gasteiger partial charge in [0.25, 0.3) is 0 Å². The topological polar surface area (TPSA) is 116 Å². The highest BCUT2D eigenvalue weighted by Gasteiger charge is 2.36. The normalized spacial score (nSPS) is 17.0. The molecule has 8 heteroatoms. The molecular formula is C17H21N3O5. The lowest BCUT2D eigenvalue weighted by Gasteiger charge is -2.33. The molecule has 1 aliphatic rings. The standard InChI is InChI=1S/C17H21N3O5/c1-10(17(24)25)20(8-7-18-11(2)21)16(23)13-9-15(22)19-14-6-4-3-5-12(13)14/h3-6,10,13H,7-9H2,1-2H3,(H,18,21)(H,19,22)(H,24,25). The monoisotopic (exact) mass is 347 g/mol. The van der Waals surface area contributed by atoms with Crippen LogP contribution in [0, 0.1) is 0 Å². The molecule has 0 saturated carbocycles. The number of hydrogen-bond acceptors (Lipinski definition) is 4. The smallest absolute Gasteiger partial charge is 0.326 e. The molecule has 1 aromatic carbocycles.